The van der Waals surface area contributed by atoms with Gasteiger partial charge in [0.25, 0.3) is 0 Å². The number of imidazole rings is 1. The van der Waals surface area contributed by atoms with E-state index in [4.69, 9.17) is 19.1 Å². The SMILES string of the molecule is CCOC(=O)c1c(CS(=O)c2ccccc2)n(C)c2cc(Br)c(O)c(Cn3ccnc3)c12.O=[P+](O)O. The Hall–Kier alpha value is -2.89. The van der Waals surface area contributed by atoms with Crippen LogP contribution in [-0.4, -0.2) is 45.8 Å². The molecule has 0 saturated heterocycles. The molecule has 3 N–H and O–H groups in total. The molecule has 2 aromatic heterocycles. The molecule has 0 aliphatic carbocycles. The van der Waals surface area contributed by atoms with Crippen molar-refractivity contribution in [3.05, 3.63) is 76.4 Å². The maximum absolute atomic E-state index is 13.1. The molecule has 0 spiro atoms. The van der Waals surface area contributed by atoms with Crippen LogP contribution in [0.5, 0.6) is 5.75 Å². The first kappa shape index (κ1) is 27.7. The largest absolute Gasteiger partial charge is 0.692 e. The number of aryl methyl sites for hydroxylation is 1. The van der Waals surface area contributed by atoms with Gasteiger partial charge in [0.1, 0.15) is 5.75 Å². The van der Waals surface area contributed by atoms with E-state index < -0.39 is 25.0 Å². The highest BCUT2D eigenvalue weighted by Crippen LogP contribution is 2.40. The molecule has 4 aromatic rings. The van der Waals surface area contributed by atoms with Crippen molar-refractivity contribution in [2.75, 3.05) is 6.61 Å². The average molecular weight is 597 g/mol. The Morgan fingerprint density at radius 1 is 1.25 bits per heavy atom. The van der Waals surface area contributed by atoms with E-state index >= 15 is 0 Å². The van der Waals surface area contributed by atoms with Crippen LogP contribution in [0.15, 0.2) is 64.5 Å². The highest BCUT2D eigenvalue weighted by Gasteiger charge is 2.28. The Kier molecular flexibility index (Phi) is 9.52. The number of rotatable bonds is 7. The summed E-state index contributed by atoms with van der Waals surface area (Å²) in [7, 11) is -2.41. The molecule has 0 aliphatic heterocycles. The smallest absolute Gasteiger partial charge is 0.506 e. The standard InChI is InChI=1S/C23H22BrN3O4S.HO3P/c1-3-31-23(29)21-19(13-32(30)15-7-5-4-6-8-15)26(2)18-11-17(24)22(28)16(20(18)21)12-27-10-9-25-14-27;1-4(2)3/h4-11,14,28H,3,12-13H2,1-2H3;(H-,1,2,3)/p+1. The van der Waals surface area contributed by atoms with Gasteiger partial charge >= 0.3 is 14.2 Å². The molecule has 0 radical (unpaired) electrons. The number of phenolic OH excluding ortho intramolecular Hbond substituents is 1. The van der Waals surface area contributed by atoms with E-state index in [9.17, 15) is 14.1 Å². The van der Waals surface area contributed by atoms with Gasteiger partial charge in [-0.05, 0) is 41.1 Å². The molecule has 2 heterocycles. The van der Waals surface area contributed by atoms with Gasteiger partial charge < -0.3 is 19.0 Å². The van der Waals surface area contributed by atoms with Crippen LogP contribution in [0.2, 0.25) is 0 Å². The van der Waals surface area contributed by atoms with E-state index in [0.717, 1.165) is 5.52 Å². The van der Waals surface area contributed by atoms with Crippen molar-refractivity contribution in [3.8, 4) is 5.75 Å². The van der Waals surface area contributed by atoms with E-state index in [2.05, 4.69) is 20.9 Å². The van der Waals surface area contributed by atoms with Crippen LogP contribution in [-0.2, 0) is 39.4 Å². The van der Waals surface area contributed by atoms with E-state index in [0.29, 0.717) is 38.1 Å². The summed E-state index contributed by atoms with van der Waals surface area (Å²) in [5.74, 6) is -0.337. The number of phenols is 1. The topological polar surface area (TPSA) is 144 Å². The summed E-state index contributed by atoms with van der Waals surface area (Å²) in [4.78, 5) is 32.1. The molecular formula is C23H24BrN3O7PS+. The fourth-order valence-electron chi connectivity index (χ4n) is 3.77. The normalized spacial score (nSPS) is 11.6. The van der Waals surface area contributed by atoms with Crippen LogP contribution in [0.4, 0.5) is 0 Å². The van der Waals surface area contributed by atoms with E-state index in [-0.39, 0.29) is 18.1 Å². The first-order valence-electron chi connectivity index (χ1n) is 10.6. The van der Waals surface area contributed by atoms with Crippen LogP contribution < -0.4 is 0 Å². The zero-order chi connectivity index (χ0) is 26.4. The van der Waals surface area contributed by atoms with Gasteiger partial charge in [-0.15, -0.1) is 9.79 Å². The summed E-state index contributed by atoms with van der Waals surface area (Å²) in [6.45, 7) is 2.25. The van der Waals surface area contributed by atoms with Crippen molar-refractivity contribution in [1.82, 2.24) is 14.1 Å². The molecule has 0 fully saturated rings. The molecule has 4 rings (SSSR count). The number of carbonyl (C=O) groups excluding carboxylic acids is 1. The second-order valence-corrected chi connectivity index (χ2v) is 10.3. The van der Waals surface area contributed by atoms with Crippen molar-refractivity contribution >= 4 is 51.9 Å². The van der Waals surface area contributed by atoms with Crippen molar-refractivity contribution in [2.45, 2.75) is 24.1 Å². The number of ether oxygens (including phenoxy) is 1. The first-order chi connectivity index (χ1) is 17.1. The number of halogens is 1. The van der Waals surface area contributed by atoms with Crippen molar-refractivity contribution < 1.29 is 33.2 Å². The number of benzene rings is 2. The Morgan fingerprint density at radius 3 is 2.50 bits per heavy atom. The zero-order valence-electron chi connectivity index (χ0n) is 19.4. The van der Waals surface area contributed by atoms with E-state index in [1.54, 1.807) is 43.8 Å². The fourth-order valence-corrected chi connectivity index (χ4v) is 5.44. The number of aromatic hydroxyl groups is 1. The Morgan fingerprint density at radius 2 is 1.92 bits per heavy atom. The lowest BCUT2D eigenvalue weighted by Gasteiger charge is -2.11. The third kappa shape index (κ3) is 6.26. The quantitative estimate of drug-likeness (QED) is 0.214. The maximum Gasteiger partial charge on any atom is 0.692 e. The number of hydrogen-bond donors (Lipinski definition) is 3. The van der Waals surface area contributed by atoms with Crippen molar-refractivity contribution in [2.24, 2.45) is 7.05 Å². The predicted molar refractivity (Wildman–Crippen MR) is 138 cm³/mol. The highest BCUT2D eigenvalue weighted by atomic mass is 79.9. The lowest BCUT2D eigenvalue weighted by molar-refractivity contribution is 0.0527. The minimum atomic E-state index is -2.87. The van der Waals surface area contributed by atoms with Crippen LogP contribution in [0.3, 0.4) is 0 Å². The minimum absolute atomic E-state index is 0.0399. The van der Waals surface area contributed by atoms with E-state index in [1.807, 2.05) is 34.4 Å². The summed E-state index contributed by atoms with van der Waals surface area (Å²) in [5, 5.41) is 11.5. The zero-order valence-corrected chi connectivity index (χ0v) is 22.7. The van der Waals surface area contributed by atoms with Gasteiger partial charge in [-0.2, -0.15) is 0 Å². The Balaban J connectivity index is 0.000000840. The number of hydrogen-bond acceptors (Lipinski definition) is 6. The molecule has 0 aliphatic rings. The number of carbonyl (C=O) groups is 1. The summed E-state index contributed by atoms with van der Waals surface area (Å²) >= 11 is 3.43. The Bertz CT molecular complexity index is 1400. The highest BCUT2D eigenvalue weighted by molar-refractivity contribution is 9.10. The second-order valence-electron chi connectivity index (χ2n) is 7.47. The van der Waals surface area contributed by atoms with Gasteiger partial charge in [0.15, 0.2) is 0 Å². The third-order valence-electron chi connectivity index (χ3n) is 5.29. The van der Waals surface area contributed by atoms with Gasteiger partial charge in [0.2, 0.25) is 0 Å². The van der Waals surface area contributed by atoms with Gasteiger partial charge in [-0.3, -0.25) is 4.21 Å². The van der Waals surface area contributed by atoms with Crippen molar-refractivity contribution in [1.29, 1.82) is 0 Å². The molecule has 190 valence electrons. The lowest BCUT2D eigenvalue weighted by Crippen LogP contribution is -2.11. The third-order valence-corrected chi connectivity index (χ3v) is 7.23. The fraction of sp³-hybridized carbons (Fsp3) is 0.217. The molecule has 13 heteroatoms. The van der Waals surface area contributed by atoms with Gasteiger partial charge in [-0.1, -0.05) is 18.2 Å². The molecule has 2 aromatic carbocycles. The maximum atomic E-state index is 13.1. The molecule has 0 saturated carbocycles. The summed E-state index contributed by atoms with van der Waals surface area (Å²) in [6.07, 6.45) is 5.08. The number of esters is 1. The van der Waals surface area contributed by atoms with Crippen LogP contribution in [0, 0.1) is 0 Å². The second kappa shape index (κ2) is 12.4. The van der Waals surface area contributed by atoms with Gasteiger partial charge in [-0.25, -0.2) is 9.78 Å². The van der Waals surface area contributed by atoms with E-state index in [1.165, 1.54) is 0 Å². The molecular weight excluding hydrogens is 573 g/mol. The Labute approximate surface area is 218 Å². The average Bonchev–Trinajstić information content (AvgIpc) is 3.44. The van der Waals surface area contributed by atoms with Crippen LogP contribution in [0.25, 0.3) is 10.9 Å². The molecule has 1 unspecified atom stereocenters. The monoisotopic (exact) mass is 596 g/mol. The summed E-state index contributed by atoms with van der Waals surface area (Å²) in [6, 6.07) is 10.9. The molecule has 10 nitrogen and oxygen atoms in total. The van der Waals surface area contributed by atoms with Crippen molar-refractivity contribution in [3.63, 3.8) is 0 Å². The summed E-state index contributed by atoms with van der Waals surface area (Å²) in [5.41, 5.74) is 2.20. The molecule has 36 heavy (non-hydrogen) atoms. The lowest BCUT2D eigenvalue weighted by atomic mass is 10.0. The number of nitrogens with zero attached hydrogens (tertiary/aromatic N) is 3. The molecule has 1 atom stereocenters. The van der Waals surface area contributed by atoms with Crippen LogP contribution >= 0.6 is 24.2 Å². The van der Waals surface area contributed by atoms with Gasteiger partial charge in [0.05, 0.1) is 51.6 Å². The molecule has 0 amide bonds. The number of aromatic nitrogens is 3. The predicted octanol–water partition coefficient (Wildman–Crippen LogP) is 4.00. The van der Waals surface area contributed by atoms with Crippen LogP contribution in [0.1, 0.15) is 28.5 Å². The first-order valence-corrected chi connectivity index (χ1v) is 13.9. The number of fused-ring (bicyclic) bond motifs is 1. The summed E-state index contributed by atoms with van der Waals surface area (Å²) < 4.78 is 31.4. The van der Waals surface area contributed by atoms with Gasteiger partial charge in [0, 0.05) is 45.5 Å². The minimum Gasteiger partial charge on any atom is -0.506 e. The molecule has 0 bridgehead atoms.